The normalized spacial score (nSPS) is 13.3. The molecule has 1 unspecified atom stereocenters. The molecule has 2 N–H and O–H groups in total. The molecular weight excluding hydrogens is 290 g/mol. The molecule has 92 valence electrons. The lowest BCUT2D eigenvalue weighted by molar-refractivity contribution is -0.147. The molecule has 0 aliphatic heterocycles. The summed E-state index contributed by atoms with van der Waals surface area (Å²) < 4.78 is 12.1. The fraction of sp³-hybridized carbons (Fsp3) is 0.636. The number of rotatable bonds is 7. The average Bonchev–Trinajstić information content (AvgIpc) is 2.63. The standard InChI is InChI=1S/C11H18BrNO2S/c1-3-14-11(15-4-2)9(13)7-8-5-6-10(12)16-8/h5-6,9,11H,3-4,7,13H2,1-2H3. The van der Waals surface area contributed by atoms with Gasteiger partial charge in [0.15, 0.2) is 6.29 Å². The van der Waals surface area contributed by atoms with E-state index in [1.165, 1.54) is 4.88 Å². The second-order valence-corrected chi connectivity index (χ2v) is 5.90. The van der Waals surface area contributed by atoms with Crippen molar-refractivity contribution in [2.24, 2.45) is 5.73 Å². The molecule has 0 saturated heterocycles. The van der Waals surface area contributed by atoms with Crippen molar-refractivity contribution in [2.75, 3.05) is 13.2 Å². The maximum absolute atomic E-state index is 6.07. The zero-order valence-corrected chi connectivity index (χ0v) is 12.0. The molecule has 0 aliphatic rings. The number of hydrogen-bond donors (Lipinski definition) is 1. The number of hydrogen-bond acceptors (Lipinski definition) is 4. The van der Waals surface area contributed by atoms with Gasteiger partial charge < -0.3 is 15.2 Å². The predicted molar refractivity (Wildman–Crippen MR) is 70.7 cm³/mol. The Balaban J connectivity index is 2.50. The Labute approximate surface area is 109 Å². The van der Waals surface area contributed by atoms with Gasteiger partial charge in [0.25, 0.3) is 0 Å². The van der Waals surface area contributed by atoms with E-state index < -0.39 is 0 Å². The monoisotopic (exact) mass is 307 g/mol. The summed E-state index contributed by atoms with van der Waals surface area (Å²) in [6.45, 7) is 5.12. The Morgan fingerprint density at radius 2 is 1.94 bits per heavy atom. The van der Waals surface area contributed by atoms with Crippen LogP contribution in [0.25, 0.3) is 0 Å². The smallest absolute Gasteiger partial charge is 0.172 e. The van der Waals surface area contributed by atoms with Crippen LogP contribution in [0.1, 0.15) is 18.7 Å². The Bertz CT molecular complexity index is 300. The summed E-state index contributed by atoms with van der Waals surface area (Å²) in [6, 6.07) is 3.98. The average molecular weight is 308 g/mol. The van der Waals surface area contributed by atoms with Crippen LogP contribution in [0.3, 0.4) is 0 Å². The fourth-order valence-electron chi connectivity index (χ4n) is 1.41. The first-order valence-electron chi connectivity index (χ1n) is 5.40. The lowest BCUT2D eigenvalue weighted by Crippen LogP contribution is -2.40. The van der Waals surface area contributed by atoms with Gasteiger partial charge in [-0.05, 0) is 41.9 Å². The van der Waals surface area contributed by atoms with Crippen LogP contribution in [-0.2, 0) is 15.9 Å². The van der Waals surface area contributed by atoms with Gasteiger partial charge in [0, 0.05) is 24.5 Å². The molecule has 0 aromatic carbocycles. The van der Waals surface area contributed by atoms with Gasteiger partial charge in [-0.3, -0.25) is 0 Å². The lowest BCUT2D eigenvalue weighted by atomic mass is 10.2. The quantitative estimate of drug-likeness (QED) is 0.788. The van der Waals surface area contributed by atoms with Crippen LogP contribution in [0, 0.1) is 0 Å². The second kappa shape index (κ2) is 7.40. The molecule has 0 bridgehead atoms. The van der Waals surface area contributed by atoms with E-state index in [1.807, 2.05) is 19.9 Å². The number of ether oxygens (including phenoxy) is 2. The minimum absolute atomic E-state index is 0.120. The van der Waals surface area contributed by atoms with Crippen LogP contribution in [-0.4, -0.2) is 25.5 Å². The molecule has 0 saturated carbocycles. The minimum Gasteiger partial charge on any atom is -0.351 e. The SMILES string of the molecule is CCOC(OCC)C(N)Cc1ccc(Br)s1. The Hall–Kier alpha value is 0.0600. The second-order valence-electron chi connectivity index (χ2n) is 3.35. The summed E-state index contributed by atoms with van der Waals surface area (Å²) in [6.07, 6.45) is 0.469. The molecule has 1 aromatic heterocycles. The highest BCUT2D eigenvalue weighted by Gasteiger charge is 2.19. The fourth-order valence-corrected chi connectivity index (χ4v) is 2.97. The highest BCUT2D eigenvalue weighted by atomic mass is 79.9. The van der Waals surface area contributed by atoms with Gasteiger partial charge in [-0.2, -0.15) is 0 Å². The Morgan fingerprint density at radius 3 is 2.38 bits per heavy atom. The van der Waals surface area contributed by atoms with Crippen LogP contribution in [0.5, 0.6) is 0 Å². The topological polar surface area (TPSA) is 44.5 Å². The predicted octanol–water partition coefficient (Wildman–Crippen LogP) is 2.78. The number of thiophene rings is 1. The van der Waals surface area contributed by atoms with Crippen molar-refractivity contribution in [2.45, 2.75) is 32.6 Å². The van der Waals surface area contributed by atoms with Gasteiger partial charge in [0.05, 0.1) is 9.83 Å². The Kier molecular flexibility index (Phi) is 6.53. The molecule has 5 heteroatoms. The van der Waals surface area contributed by atoms with Gasteiger partial charge in [0.1, 0.15) is 0 Å². The molecule has 1 heterocycles. The van der Waals surface area contributed by atoms with Gasteiger partial charge in [-0.15, -0.1) is 11.3 Å². The van der Waals surface area contributed by atoms with Gasteiger partial charge in [-0.25, -0.2) is 0 Å². The highest BCUT2D eigenvalue weighted by Crippen LogP contribution is 2.23. The van der Waals surface area contributed by atoms with Crippen molar-refractivity contribution in [1.82, 2.24) is 0 Å². The molecule has 1 aromatic rings. The van der Waals surface area contributed by atoms with E-state index in [1.54, 1.807) is 11.3 Å². The molecule has 0 amide bonds. The van der Waals surface area contributed by atoms with E-state index in [-0.39, 0.29) is 12.3 Å². The zero-order valence-electron chi connectivity index (χ0n) is 9.61. The van der Waals surface area contributed by atoms with E-state index in [0.717, 1.165) is 10.2 Å². The van der Waals surface area contributed by atoms with E-state index in [0.29, 0.717) is 13.2 Å². The summed E-state index contributed by atoms with van der Waals surface area (Å²) in [4.78, 5) is 1.24. The molecule has 1 rings (SSSR count). The third-order valence-electron chi connectivity index (χ3n) is 2.08. The molecule has 0 fully saturated rings. The summed E-state index contributed by atoms with van der Waals surface area (Å²) in [5.74, 6) is 0. The summed E-state index contributed by atoms with van der Waals surface area (Å²) in [7, 11) is 0. The first-order chi connectivity index (χ1) is 7.67. The zero-order chi connectivity index (χ0) is 12.0. The summed E-state index contributed by atoms with van der Waals surface area (Å²) in [5, 5.41) is 0. The van der Waals surface area contributed by atoms with Crippen LogP contribution in [0.2, 0.25) is 0 Å². The maximum Gasteiger partial charge on any atom is 0.172 e. The van der Waals surface area contributed by atoms with Gasteiger partial charge >= 0.3 is 0 Å². The number of nitrogens with two attached hydrogens (primary N) is 1. The van der Waals surface area contributed by atoms with Crippen molar-refractivity contribution in [3.05, 3.63) is 20.8 Å². The van der Waals surface area contributed by atoms with E-state index in [2.05, 4.69) is 22.0 Å². The molecule has 0 spiro atoms. The van der Waals surface area contributed by atoms with Crippen molar-refractivity contribution in [3.63, 3.8) is 0 Å². The largest absolute Gasteiger partial charge is 0.351 e. The van der Waals surface area contributed by atoms with Crippen molar-refractivity contribution in [3.8, 4) is 0 Å². The third kappa shape index (κ3) is 4.51. The van der Waals surface area contributed by atoms with Crippen molar-refractivity contribution < 1.29 is 9.47 Å². The molecule has 0 aliphatic carbocycles. The van der Waals surface area contributed by atoms with Crippen LogP contribution < -0.4 is 5.73 Å². The minimum atomic E-state index is -0.309. The number of halogens is 1. The van der Waals surface area contributed by atoms with Crippen molar-refractivity contribution in [1.29, 1.82) is 0 Å². The van der Waals surface area contributed by atoms with Gasteiger partial charge in [-0.1, -0.05) is 0 Å². The van der Waals surface area contributed by atoms with Crippen molar-refractivity contribution >= 4 is 27.3 Å². The molecular formula is C11H18BrNO2S. The molecule has 1 atom stereocenters. The third-order valence-corrected chi connectivity index (χ3v) is 3.72. The Morgan fingerprint density at radius 1 is 1.31 bits per heavy atom. The summed E-state index contributed by atoms with van der Waals surface area (Å²) >= 11 is 5.13. The molecule has 3 nitrogen and oxygen atoms in total. The lowest BCUT2D eigenvalue weighted by Gasteiger charge is -2.22. The van der Waals surface area contributed by atoms with Gasteiger partial charge in [0.2, 0.25) is 0 Å². The summed E-state index contributed by atoms with van der Waals surface area (Å²) in [5.41, 5.74) is 6.07. The molecule has 16 heavy (non-hydrogen) atoms. The van der Waals surface area contributed by atoms with Crippen LogP contribution in [0.15, 0.2) is 15.9 Å². The van der Waals surface area contributed by atoms with Crippen LogP contribution in [0.4, 0.5) is 0 Å². The molecule has 0 radical (unpaired) electrons. The van der Waals surface area contributed by atoms with E-state index in [9.17, 15) is 0 Å². The van der Waals surface area contributed by atoms with E-state index >= 15 is 0 Å². The maximum atomic E-state index is 6.07. The van der Waals surface area contributed by atoms with Crippen LogP contribution >= 0.6 is 27.3 Å². The first kappa shape index (κ1) is 14.1. The van der Waals surface area contributed by atoms with E-state index in [4.69, 9.17) is 15.2 Å². The highest BCUT2D eigenvalue weighted by molar-refractivity contribution is 9.11. The first-order valence-corrected chi connectivity index (χ1v) is 7.01.